The van der Waals surface area contributed by atoms with Gasteiger partial charge >= 0.3 is 6.09 Å². The van der Waals surface area contributed by atoms with Gasteiger partial charge < -0.3 is 20.3 Å². The van der Waals surface area contributed by atoms with Crippen LogP contribution in [0, 0.1) is 13.8 Å². The molecule has 3 unspecified atom stereocenters. The van der Waals surface area contributed by atoms with Gasteiger partial charge in [0.1, 0.15) is 17.7 Å². The van der Waals surface area contributed by atoms with Gasteiger partial charge in [-0.25, -0.2) is 4.79 Å². The Morgan fingerprint density at radius 2 is 1.62 bits per heavy atom. The number of benzene rings is 2. The minimum Gasteiger partial charge on any atom is -0.444 e. The van der Waals surface area contributed by atoms with Crippen LogP contribution in [0.3, 0.4) is 0 Å². The topological polar surface area (TPSA) is 87.7 Å². The van der Waals surface area contributed by atoms with E-state index in [4.69, 9.17) is 4.74 Å². The Kier molecular flexibility index (Phi) is 11.0. The van der Waals surface area contributed by atoms with Crippen molar-refractivity contribution in [1.82, 2.24) is 15.5 Å². The Labute approximate surface area is 226 Å². The molecule has 2 aromatic rings. The third-order valence-electron chi connectivity index (χ3n) is 5.89. The molecule has 202 valence electrons. The lowest BCUT2D eigenvalue weighted by molar-refractivity contribution is -0.144. The molecule has 2 rings (SSSR count). The van der Waals surface area contributed by atoms with Crippen LogP contribution in [-0.2, 0) is 20.9 Å². The number of amides is 3. The van der Waals surface area contributed by atoms with E-state index in [1.54, 1.807) is 25.7 Å². The summed E-state index contributed by atoms with van der Waals surface area (Å²) in [6.07, 6.45) is -0.0921. The summed E-state index contributed by atoms with van der Waals surface area (Å²) in [5.41, 5.74) is 2.93. The normalized spacial score (nSPS) is 13.7. The SMILES string of the molecule is CCC(C)N(C(=O)C(CS)NC(=O)OC(C)(C)C)C(C(=O)NCc1ccccc1)c1cc(C)cc(C)c1. The molecule has 3 amide bonds. The molecule has 0 spiro atoms. The van der Waals surface area contributed by atoms with Gasteiger partial charge in [0.25, 0.3) is 0 Å². The summed E-state index contributed by atoms with van der Waals surface area (Å²) in [5.74, 6) is -0.636. The van der Waals surface area contributed by atoms with Crippen LogP contribution >= 0.6 is 12.6 Å². The van der Waals surface area contributed by atoms with Crippen LogP contribution in [-0.4, -0.2) is 46.2 Å². The predicted octanol–water partition coefficient (Wildman–Crippen LogP) is 5.11. The van der Waals surface area contributed by atoms with Crippen molar-refractivity contribution in [3.05, 3.63) is 70.8 Å². The summed E-state index contributed by atoms with van der Waals surface area (Å²) in [5, 5.41) is 5.66. The molecule has 0 fully saturated rings. The first kappa shape index (κ1) is 30.2. The average Bonchev–Trinajstić information content (AvgIpc) is 2.82. The third-order valence-corrected chi connectivity index (χ3v) is 6.25. The zero-order chi connectivity index (χ0) is 27.8. The maximum atomic E-state index is 14.0. The molecular formula is C29H41N3O4S. The Hall–Kier alpha value is -3.00. The quantitative estimate of drug-likeness (QED) is 0.375. The molecule has 0 saturated carbocycles. The van der Waals surface area contributed by atoms with Gasteiger partial charge in [-0.1, -0.05) is 66.6 Å². The van der Waals surface area contributed by atoms with E-state index in [0.29, 0.717) is 18.5 Å². The number of thiol groups is 1. The van der Waals surface area contributed by atoms with Gasteiger partial charge in [-0.05, 0) is 59.1 Å². The molecule has 0 heterocycles. The van der Waals surface area contributed by atoms with E-state index in [2.05, 4.69) is 23.3 Å². The van der Waals surface area contributed by atoms with Crippen molar-refractivity contribution in [2.45, 2.75) is 85.2 Å². The molecule has 0 aliphatic rings. The number of rotatable bonds is 10. The number of hydrogen-bond acceptors (Lipinski definition) is 5. The van der Waals surface area contributed by atoms with Crippen LogP contribution in [0.25, 0.3) is 0 Å². The van der Waals surface area contributed by atoms with Crippen LogP contribution in [0.4, 0.5) is 4.79 Å². The van der Waals surface area contributed by atoms with E-state index in [0.717, 1.165) is 16.7 Å². The van der Waals surface area contributed by atoms with E-state index in [9.17, 15) is 14.4 Å². The zero-order valence-electron chi connectivity index (χ0n) is 23.0. The first-order chi connectivity index (χ1) is 17.4. The molecule has 0 radical (unpaired) electrons. The molecule has 0 aliphatic heterocycles. The number of hydrogen-bond donors (Lipinski definition) is 3. The summed E-state index contributed by atoms with van der Waals surface area (Å²) in [6.45, 7) is 13.4. The zero-order valence-corrected chi connectivity index (χ0v) is 23.9. The second kappa shape index (κ2) is 13.5. The molecule has 0 aromatic heterocycles. The molecule has 2 aromatic carbocycles. The number of nitrogens with one attached hydrogen (secondary N) is 2. The molecule has 2 N–H and O–H groups in total. The van der Waals surface area contributed by atoms with E-state index < -0.39 is 29.7 Å². The molecular weight excluding hydrogens is 486 g/mol. The average molecular weight is 528 g/mol. The predicted molar refractivity (Wildman–Crippen MR) is 151 cm³/mol. The number of alkyl carbamates (subject to hydrolysis) is 1. The second-order valence-electron chi connectivity index (χ2n) is 10.4. The van der Waals surface area contributed by atoms with Crippen LogP contribution in [0.5, 0.6) is 0 Å². The fourth-order valence-corrected chi connectivity index (χ4v) is 4.35. The van der Waals surface area contributed by atoms with Crippen LogP contribution in [0.1, 0.15) is 69.3 Å². The molecule has 3 atom stereocenters. The van der Waals surface area contributed by atoms with Gasteiger partial charge in [-0.3, -0.25) is 9.59 Å². The summed E-state index contributed by atoms with van der Waals surface area (Å²) in [6, 6.07) is 13.4. The van der Waals surface area contributed by atoms with Crippen molar-refractivity contribution in [1.29, 1.82) is 0 Å². The summed E-state index contributed by atoms with van der Waals surface area (Å²) in [4.78, 5) is 41.8. The minimum atomic E-state index is -0.970. The Balaban J connectivity index is 2.48. The Morgan fingerprint density at radius 1 is 1.03 bits per heavy atom. The van der Waals surface area contributed by atoms with Crippen molar-refractivity contribution >= 4 is 30.5 Å². The number of carbonyl (C=O) groups is 3. The van der Waals surface area contributed by atoms with Crippen molar-refractivity contribution in [3.63, 3.8) is 0 Å². The number of carbonyl (C=O) groups excluding carboxylic acids is 3. The first-order valence-corrected chi connectivity index (χ1v) is 13.3. The fraction of sp³-hybridized carbons (Fsp3) is 0.483. The van der Waals surface area contributed by atoms with Crippen LogP contribution in [0.15, 0.2) is 48.5 Å². The lowest BCUT2D eigenvalue weighted by Gasteiger charge is -2.38. The summed E-state index contributed by atoms with van der Waals surface area (Å²) >= 11 is 4.34. The van der Waals surface area contributed by atoms with Crippen molar-refractivity contribution in [2.24, 2.45) is 0 Å². The minimum absolute atomic E-state index is 0.0518. The van der Waals surface area contributed by atoms with Crippen molar-refractivity contribution in [2.75, 3.05) is 5.75 Å². The van der Waals surface area contributed by atoms with Crippen molar-refractivity contribution in [3.8, 4) is 0 Å². The highest BCUT2D eigenvalue weighted by Gasteiger charge is 2.38. The lowest BCUT2D eigenvalue weighted by atomic mass is 9.96. The maximum absolute atomic E-state index is 14.0. The van der Waals surface area contributed by atoms with Gasteiger partial charge in [-0.2, -0.15) is 12.6 Å². The maximum Gasteiger partial charge on any atom is 0.408 e. The summed E-state index contributed by atoms with van der Waals surface area (Å²) < 4.78 is 5.36. The monoisotopic (exact) mass is 527 g/mol. The molecule has 7 nitrogen and oxygen atoms in total. The fourth-order valence-electron chi connectivity index (χ4n) is 4.10. The lowest BCUT2D eigenvalue weighted by Crippen LogP contribution is -2.56. The van der Waals surface area contributed by atoms with Crippen LogP contribution in [0.2, 0.25) is 0 Å². The second-order valence-corrected chi connectivity index (χ2v) is 10.8. The number of nitrogens with zero attached hydrogens (tertiary/aromatic N) is 1. The molecule has 0 saturated heterocycles. The first-order valence-electron chi connectivity index (χ1n) is 12.7. The smallest absolute Gasteiger partial charge is 0.408 e. The Morgan fingerprint density at radius 3 is 2.14 bits per heavy atom. The Bertz CT molecular complexity index is 1050. The van der Waals surface area contributed by atoms with E-state index in [1.165, 1.54) is 0 Å². The molecule has 37 heavy (non-hydrogen) atoms. The highest BCUT2D eigenvalue weighted by atomic mass is 32.1. The van der Waals surface area contributed by atoms with Gasteiger partial charge in [0.2, 0.25) is 11.8 Å². The van der Waals surface area contributed by atoms with E-state index in [1.807, 2.05) is 76.2 Å². The van der Waals surface area contributed by atoms with E-state index >= 15 is 0 Å². The van der Waals surface area contributed by atoms with Crippen LogP contribution < -0.4 is 10.6 Å². The standard InChI is InChI=1S/C29H41N3O4S/c1-8-21(4)32(27(34)24(18-37)31-28(35)36-29(5,6)7)25(23-15-19(2)14-20(3)16-23)26(33)30-17-22-12-10-9-11-13-22/h9-16,21,24-25,37H,8,17-18H2,1-7H3,(H,30,33)(H,31,35). The highest BCUT2D eigenvalue weighted by molar-refractivity contribution is 7.80. The third kappa shape index (κ3) is 9.11. The highest BCUT2D eigenvalue weighted by Crippen LogP contribution is 2.28. The molecule has 0 aliphatic carbocycles. The van der Waals surface area contributed by atoms with Gasteiger partial charge in [0.05, 0.1) is 0 Å². The van der Waals surface area contributed by atoms with E-state index in [-0.39, 0.29) is 17.7 Å². The number of ether oxygens (including phenoxy) is 1. The van der Waals surface area contributed by atoms with Crippen molar-refractivity contribution < 1.29 is 19.1 Å². The molecule has 8 heteroatoms. The van der Waals surface area contributed by atoms with Gasteiger partial charge in [-0.15, -0.1) is 0 Å². The summed E-state index contributed by atoms with van der Waals surface area (Å²) in [7, 11) is 0. The van der Waals surface area contributed by atoms with Gasteiger partial charge in [0, 0.05) is 18.3 Å². The van der Waals surface area contributed by atoms with Gasteiger partial charge in [0.15, 0.2) is 0 Å². The molecule has 0 bridgehead atoms. The number of aryl methyl sites for hydroxylation is 2. The largest absolute Gasteiger partial charge is 0.444 e.